The Bertz CT molecular complexity index is 1020. The van der Waals surface area contributed by atoms with Gasteiger partial charge >= 0.3 is 0 Å². The predicted molar refractivity (Wildman–Crippen MR) is 117 cm³/mol. The minimum Gasteiger partial charge on any atom is -0.322 e. The van der Waals surface area contributed by atoms with Gasteiger partial charge in [0.1, 0.15) is 11.6 Å². The molecule has 0 aliphatic carbocycles. The first-order valence-electron chi connectivity index (χ1n) is 10.1. The summed E-state index contributed by atoms with van der Waals surface area (Å²) in [5.41, 5.74) is 1.30. The standard InChI is InChI=1S/C22H27F2N3O3S/c1-14(2)31(29,30)26-21-8-9-27(3)13-20(21)15-4-6-19(7-5-15)25-22(28)16-10-17(23)12-18(24)11-16/h4-7,10-12,14,20-21,26H,8-9,13H2,1-3H3,(H,25,28)/t20-,21+/m0/s1. The Balaban J connectivity index is 1.75. The molecule has 3 rings (SSSR count). The van der Waals surface area contributed by atoms with Gasteiger partial charge in [-0.15, -0.1) is 0 Å². The molecule has 0 unspecified atom stereocenters. The monoisotopic (exact) mass is 451 g/mol. The number of nitrogens with one attached hydrogen (secondary N) is 2. The molecule has 0 saturated carbocycles. The Morgan fingerprint density at radius 3 is 2.29 bits per heavy atom. The molecule has 31 heavy (non-hydrogen) atoms. The maximum atomic E-state index is 13.3. The van der Waals surface area contributed by atoms with Crippen molar-refractivity contribution in [3.05, 3.63) is 65.2 Å². The Morgan fingerprint density at radius 1 is 1.10 bits per heavy atom. The van der Waals surface area contributed by atoms with E-state index >= 15 is 0 Å². The molecule has 1 aliphatic rings. The fourth-order valence-electron chi connectivity index (χ4n) is 3.64. The lowest BCUT2D eigenvalue weighted by molar-refractivity contribution is 0.102. The molecule has 0 radical (unpaired) electrons. The summed E-state index contributed by atoms with van der Waals surface area (Å²) in [7, 11) is -1.41. The molecule has 0 bridgehead atoms. The molecule has 1 aliphatic heterocycles. The van der Waals surface area contributed by atoms with Gasteiger partial charge in [0.25, 0.3) is 5.91 Å². The molecule has 0 aromatic heterocycles. The van der Waals surface area contributed by atoms with E-state index in [4.69, 9.17) is 0 Å². The summed E-state index contributed by atoms with van der Waals surface area (Å²) in [6.45, 7) is 4.78. The van der Waals surface area contributed by atoms with Crippen LogP contribution in [-0.4, -0.2) is 50.7 Å². The van der Waals surface area contributed by atoms with Crippen LogP contribution >= 0.6 is 0 Å². The van der Waals surface area contributed by atoms with Crippen LogP contribution in [0, 0.1) is 11.6 Å². The molecular weight excluding hydrogens is 424 g/mol. The van der Waals surface area contributed by atoms with E-state index in [1.54, 1.807) is 26.0 Å². The SMILES string of the molecule is CC(C)S(=O)(=O)N[C@@H]1CCN(C)C[C@H]1c1ccc(NC(=O)c2cc(F)cc(F)c2)cc1. The first-order valence-corrected chi connectivity index (χ1v) is 11.7. The molecule has 1 heterocycles. The van der Waals surface area contributed by atoms with E-state index in [0.29, 0.717) is 24.7 Å². The first-order chi connectivity index (χ1) is 14.5. The Morgan fingerprint density at radius 2 is 1.71 bits per heavy atom. The third-order valence-electron chi connectivity index (χ3n) is 5.47. The number of carbonyl (C=O) groups excluding carboxylic acids is 1. The fourth-order valence-corrected chi connectivity index (χ4v) is 4.62. The van der Waals surface area contributed by atoms with Crippen LogP contribution in [0.2, 0.25) is 0 Å². The summed E-state index contributed by atoms with van der Waals surface area (Å²) >= 11 is 0. The molecule has 9 heteroatoms. The first kappa shape index (κ1) is 23.3. The lowest BCUT2D eigenvalue weighted by atomic mass is 9.86. The number of benzene rings is 2. The van der Waals surface area contributed by atoms with E-state index < -0.39 is 32.8 Å². The van der Waals surface area contributed by atoms with E-state index in [0.717, 1.165) is 24.2 Å². The van der Waals surface area contributed by atoms with Gasteiger partial charge in [-0.05, 0) is 63.7 Å². The van der Waals surface area contributed by atoms with Crippen molar-refractivity contribution in [3.8, 4) is 0 Å². The molecule has 1 saturated heterocycles. The highest BCUT2D eigenvalue weighted by Crippen LogP contribution is 2.29. The summed E-state index contributed by atoms with van der Waals surface area (Å²) in [5.74, 6) is -2.31. The van der Waals surface area contributed by atoms with Gasteiger partial charge in [0.05, 0.1) is 5.25 Å². The number of hydrogen-bond acceptors (Lipinski definition) is 4. The summed E-state index contributed by atoms with van der Waals surface area (Å²) < 4.78 is 54.3. The fraction of sp³-hybridized carbons (Fsp3) is 0.409. The number of carbonyl (C=O) groups is 1. The molecule has 168 valence electrons. The number of sulfonamides is 1. The second-order valence-corrected chi connectivity index (χ2v) is 10.5. The molecular formula is C22H27F2N3O3S. The topological polar surface area (TPSA) is 78.5 Å². The normalized spacial score (nSPS) is 20.1. The molecule has 2 atom stereocenters. The minimum absolute atomic E-state index is 0.0469. The van der Waals surface area contributed by atoms with Gasteiger partial charge in [0.15, 0.2) is 0 Å². The zero-order valence-corrected chi connectivity index (χ0v) is 18.5. The van der Waals surface area contributed by atoms with Gasteiger partial charge in [-0.1, -0.05) is 12.1 Å². The zero-order chi connectivity index (χ0) is 22.8. The van der Waals surface area contributed by atoms with Gasteiger partial charge in [-0.25, -0.2) is 21.9 Å². The number of likely N-dealkylation sites (N-methyl/N-ethyl adjacent to an activating group) is 1. The van der Waals surface area contributed by atoms with Crippen molar-refractivity contribution in [1.29, 1.82) is 0 Å². The van der Waals surface area contributed by atoms with E-state index in [2.05, 4.69) is 14.9 Å². The second-order valence-electron chi connectivity index (χ2n) is 8.21. The second kappa shape index (κ2) is 9.42. The number of halogens is 2. The van der Waals surface area contributed by atoms with Crippen molar-refractivity contribution >= 4 is 21.6 Å². The number of piperidine rings is 1. The van der Waals surface area contributed by atoms with E-state index in [9.17, 15) is 22.0 Å². The number of amides is 1. The smallest absolute Gasteiger partial charge is 0.255 e. The number of anilines is 1. The number of likely N-dealkylation sites (tertiary alicyclic amines) is 1. The number of rotatable bonds is 6. The number of nitrogens with zero attached hydrogens (tertiary/aromatic N) is 1. The van der Waals surface area contributed by atoms with Gasteiger partial charge in [0.2, 0.25) is 10.0 Å². The average molecular weight is 452 g/mol. The van der Waals surface area contributed by atoms with E-state index in [1.165, 1.54) is 0 Å². The molecule has 2 aromatic carbocycles. The molecule has 0 spiro atoms. The molecule has 2 aromatic rings. The van der Waals surface area contributed by atoms with Crippen LogP contribution in [0.4, 0.5) is 14.5 Å². The molecule has 6 nitrogen and oxygen atoms in total. The van der Waals surface area contributed by atoms with Crippen LogP contribution in [0.15, 0.2) is 42.5 Å². The van der Waals surface area contributed by atoms with E-state index in [-0.39, 0.29) is 17.5 Å². The van der Waals surface area contributed by atoms with Crippen LogP contribution in [0.3, 0.4) is 0 Å². The van der Waals surface area contributed by atoms with Crippen LogP contribution in [-0.2, 0) is 10.0 Å². The van der Waals surface area contributed by atoms with Crippen LogP contribution in [0.5, 0.6) is 0 Å². The van der Waals surface area contributed by atoms with Gasteiger partial charge in [-0.2, -0.15) is 0 Å². The summed E-state index contributed by atoms with van der Waals surface area (Å²) in [6.07, 6.45) is 0.691. The van der Waals surface area contributed by atoms with Gasteiger partial charge in [0, 0.05) is 35.8 Å². The van der Waals surface area contributed by atoms with Crippen molar-refractivity contribution in [3.63, 3.8) is 0 Å². The maximum absolute atomic E-state index is 13.3. The summed E-state index contributed by atoms with van der Waals surface area (Å²) in [6, 6.07) is 9.49. The molecule has 2 N–H and O–H groups in total. The highest BCUT2D eigenvalue weighted by Gasteiger charge is 2.32. The van der Waals surface area contributed by atoms with Crippen molar-refractivity contribution in [2.75, 3.05) is 25.5 Å². The average Bonchev–Trinajstić information content (AvgIpc) is 2.69. The quantitative estimate of drug-likeness (QED) is 0.706. The zero-order valence-electron chi connectivity index (χ0n) is 17.7. The lowest BCUT2D eigenvalue weighted by Crippen LogP contribution is -2.50. The predicted octanol–water partition coefficient (Wildman–Crippen LogP) is 3.33. The Hall–Kier alpha value is -2.36. The molecule has 1 amide bonds. The molecule has 1 fully saturated rings. The van der Waals surface area contributed by atoms with Crippen LogP contribution < -0.4 is 10.0 Å². The van der Waals surface area contributed by atoms with Crippen molar-refractivity contribution in [2.24, 2.45) is 0 Å². The van der Waals surface area contributed by atoms with Crippen molar-refractivity contribution < 1.29 is 22.0 Å². The Labute approximate surface area is 181 Å². The van der Waals surface area contributed by atoms with Crippen molar-refractivity contribution in [1.82, 2.24) is 9.62 Å². The highest BCUT2D eigenvalue weighted by atomic mass is 32.2. The van der Waals surface area contributed by atoms with Crippen LogP contribution in [0.1, 0.15) is 42.1 Å². The minimum atomic E-state index is -3.40. The largest absolute Gasteiger partial charge is 0.322 e. The maximum Gasteiger partial charge on any atom is 0.255 e. The third kappa shape index (κ3) is 5.87. The van der Waals surface area contributed by atoms with Gasteiger partial charge < -0.3 is 10.2 Å². The third-order valence-corrected chi connectivity index (χ3v) is 7.35. The highest BCUT2D eigenvalue weighted by molar-refractivity contribution is 7.90. The summed E-state index contributed by atoms with van der Waals surface area (Å²) in [5, 5.41) is 2.11. The van der Waals surface area contributed by atoms with Crippen molar-refractivity contribution in [2.45, 2.75) is 37.5 Å². The lowest BCUT2D eigenvalue weighted by Gasteiger charge is -2.37. The summed E-state index contributed by atoms with van der Waals surface area (Å²) in [4.78, 5) is 14.4. The number of hydrogen-bond donors (Lipinski definition) is 2. The van der Waals surface area contributed by atoms with E-state index in [1.807, 2.05) is 19.2 Å². The van der Waals surface area contributed by atoms with Gasteiger partial charge in [-0.3, -0.25) is 4.79 Å². The van der Waals surface area contributed by atoms with Crippen LogP contribution in [0.25, 0.3) is 0 Å². The Kier molecular flexibility index (Phi) is 7.08.